The highest BCUT2D eigenvalue weighted by Crippen LogP contribution is 2.16. The van der Waals surface area contributed by atoms with E-state index in [1.807, 2.05) is 27.0 Å². The molecule has 0 spiro atoms. The number of nitrogens with zero attached hydrogens (tertiary/aromatic N) is 1. The summed E-state index contributed by atoms with van der Waals surface area (Å²) in [4.78, 5) is 4.17. The van der Waals surface area contributed by atoms with Crippen molar-refractivity contribution < 1.29 is 8.60 Å². The second-order valence-electron chi connectivity index (χ2n) is 6.36. The van der Waals surface area contributed by atoms with E-state index >= 15 is 0 Å². The molecular weight excluding hydrogens is 345 g/mol. The van der Waals surface area contributed by atoms with Crippen molar-refractivity contribution in [1.82, 2.24) is 10.6 Å². The number of benzene rings is 1. The van der Waals surface area contributed by atoms with Crippen LogP contribution in [0.1, 0.15) is 31.9 Å². The summed E-state index contributed by atoms with van der Waals surface area (Å²) in [7, 11) is 0.804. The molecule has 2 N–H and O–H groups in total. The van der Waals surface area contributed by atoms with Crippen LogP contribution in [0.15, 0.2) is 23.2 Å². The van der Waals surface area contributed by atoms with Gasteiger partial charge in [-0.15, -0.1) is 0 Å². The summed E-state index contributed by atoms with van der Waals surface area (Å²) in [6.07, 6.45) is 2.00. The maximum atomic E-state index is 13.4. The van der Waals surface area contributed by atoms with Gasteiger partial charge in [0.1, 0.15) is 5.82 Å². The van der Waals surface area contributed by atoms with Crippen LogP contribution in [0.2, 0.25) is 0 Å². The summed E-state index contributed by atoms with van der Waals surface area (Å²) >= 11 is 1.66. The Balaban J connectivity index is 2.54. The lowest BCUT2D eigenvalue weighted by Crippen LogP contribution is -2.40. The second-order valence-corrected chi connectivity index (χ2v) is 9.55. The molecule has 1 atom stereocenters. The number of guanidine groups is 1. The SMILES string of the molecule is CN=C(NCCS(=O)C(C)(C)C)NCc1ccc(F)cc1CSC. The Morgan fingerprint density at radius 3 is 2.58 bits per heavy atom. The maximum Gasteiger partial charge on any atom is 0.191 e. The minimum atomic E-state index is -0.894. The van der Waals surface area contributed by atoms with Gasteiger partial charge in [0.15, 0.2) is 5.96 Å². The highest BCUT2D eigenvalue weighted by Gasteiger charge is 2.18. The number of halogens is 1. The zero-order valence-electron chi connectivity index (χ0n) is 15.1. The van der Waals surface area contributed by atoms with Gasteiger partial charge in [0.05, 0.1) is 0 Å². The standard InChI is InChI=1S/C17H28FN3OS2/c1-17(2,3)24(22)9-8-20-16(19-4)21-11-13-6-7-15(18)10-14(13)12-23-5/h6-7,10H,8-9,11-12H2,1-5H3,(H2,19,20,21). The largest absolute Gasteiger partial charge is 0.355 e. The predicted molar refractivity (Wildman–Crippen MR) is 105 cm³/mol. The van der Waals surface area contributed by atoms with Crippen LogP contribution < -0.4 is 10.6 Å². The number of thioether (sulfide) groups is 1. The van der Waals surface area contributed by atoms with Gasteiger partial charge in [0.2, 0.25) is 0 Å². The van der Waals surface area contributed by atoms with E-state index in [4.69, 9.17) is 0 Å². The molecule has 7 heteroatoms. The first-order valence-electron chi connectivity index (χ1n) is 7.87. The van der Waals surface area contributed by atoms with Crippen molar-refractivity contribution in [2.24, 2.45) is 4.99 Å². The lowest BCUT2D eigenvalue weighted by Gasteiger charge is -2.18. The molecule has 0 aliphatic carbocycles. The molecule has 0 bridgehead atoms. The first kappa shape index (κ1) is 21.0. The van der Waals surface area contributed by atoms with Gasteiger partial charge in [-0.2, -0.15) is 11.8 Å². The second kappa shape index (κ2) is 10.0. The van der Waals surface area contributed by atoms with E-state index in [1.54, 1.807) is 30.9 Å². The van der Waals surface area contributed by atoms with Crippen molar-refractivity contribution in [3.8, 4) is 0 Å². The van der Waals surface area contributed by atoms with Crippen LogP contribution in [-0.2, 0) is 23.1 Å². The first-order valence-corrected chi connectivity index (χ1v) is 10.6. The molecule has 1 rings (SSSR count). The number of nitrogens with one attached hydrogen (secondary N) is 2. The lowest BCUT2D eigenvalue weighted by atomic mass is 10.1. The Bertz CT molecular complexity index is 586. The van der Waals surface area contributed by atoms with Gasteiger partial charge in [0, 0.05) is 47.2 Å². The van der Waals surface area contributed by atoms with Gasteiger partial charge in [-0.1, -0.05) is 6.07 Å². The Labute approximate surface area is 151 Å². The molecule has 1 aromatic carbocycles. The van der Waals surface area contributed by atoms with Crippen LogP contribution in [0, 0.1) is 5.82 Å². The highest BCUT2D eigenvalue weighted by atomic mass is 32.2. The molecule has 24 heavy (non-hydrogen) atoms. The average molecular weight is 374 g/mol. The molecule has 0 saturated carbocycles. The molecular formula is C17H28FN3OS2. The van der Waals surface area contributed by atoms with Crippen molar-refractivity contribution >= 4 is 28.5 Å². The van der Waals surface area contributed by atoms with Crippen LogP contribution in [0.5, 0.6) is 0 Å². The Morgan fingerprint density at radius 2 is 2.00 bits per heavy atom. The first-order chi connectivity index (χ1) is 11.3. The van der Waals surface area contributed by atoms with Crippen molar-refractivity contribution in [2.75, 3.05) is 25.6 Å². The molecule has 4 nitrogen and oxygen atoms in total. The zero-order valence-corrected chi connectivity index (χ0v) is 16.7. The zero-order chi connectivity index (χ0) is 18.2. The topological polar surface area (TPSA) is 53.5 Å². The van der Waals surface area contributed by atoms with Crippen LogP contribution >= 0.6 is 11.8 Å². The monoisotopic (exact) mass is 373 g/mol. The molecule has 1 aromatic rings. The number of rotatable bonds is 7. The van der Waals surface area contributed by atoms with Crippen LogP contribution in [0.4, 0.5) is 4.39 Å². The fraction of sp³-hybridized carbons (Fsp3) is 0.588. The van der Waals surface area contributed by atoms with Gasteiger partial charge < -0.3 is 10.6 Å². The molecule has 0 heterocycles. The Kier molecular flexibility index (Phi) is 8.76. The van der Waals surface area contributed by atoms with Crippen LogP contribution in [-0.4, -0.2) is 40.5 Å². The lowest BCUT2D eigenvalue weighted by molar-refractivity contribution is 0.625. The summed E-state index contributed by atoms with van der Waals surface area (Å²) in [6, 6.07) is 4.86. The van der Waals surface area contributed by atoms with Crippen molar-refractivity contribution in [1.29, 1.82) is 0 Å². The van der Waals surface area contributed by atoms with E-state index in [1.165, 1.54) is 6.07 Å². The van der Waals surface area contributed by atoms with Crippen LogP contribution in [0.3, 0.4) is 0 Å². The summed E-state index contributed by atoms with van der Waals surface area (Å²) in [5.41, 5.74) is 2.03. The molecule has 0 aliphatic rings. The fourth-order valence-corrected chi connectivity index (χ4v) is 3.50. The molecule has 0 aromatic heterocycles. The number of aliphatic imine (C=N–C) groups is 1. The van der Waals surface area contributed by atoms with Gasteiger partial charge in [0.25, 0.3) is 0 Å². The van der Waals surface area contributed by atoms with Gasteiger partial charge in [-0.3, -0.25) is 9.20 Å². The summed E-state index contributed by atoms with van der Waals surface area (Å²) in [6.45, 7) is 7.07. The molecule has 0 fully saturated rings. The van der Waals surface area contributed by atoms with Gasteiger partial charge in [-0.25, -0.2) is 4.39 Å². The van der Waals surface area contributed by atoms with E-state index in [0.717, 1.165) is 16.9 Å². The molecule has 0 aliphatic heterocycles. The summed E-state index contributed by atoms with van der Waals surface area (Å²) in [5, 5.41) is 6.40. The van der Waals surface area contributed by atoms with E-state index in [2.05, 4.69) is 15.6 Å². The van der Waals surface area contributed by atoms with Crippen molar-refractivity contribution in [3.05, 3.63) is 35.1 Å². The average Bonchev–Trinajstić information content (AvgIpc) is 2.51. The molecule has 136 valence electrons. The van der Waals surface area contributed by atoms with Gasteiger partial charge in [-0.05, 0) is 50.3 Å². The quantitative estimate of drug-likeness (QED) is 0.570. The molecule has 0 amide bonds. The number of hydrogen-bond donors (Lipinski definition) is 2. The maximum absolute atomic E-state index is 13.4. The van der Waals surface area contributed by atoms with E-state index < -0.39 is 10.8 Å². The van der Waals surface area contributed by atoms with Gasteiger partial charge >= 0.3 is 0 Å². The van der Waals surface area contributed by atoms with Crippen molar-refractivity contribution in [2.45, 2.75) is 37.8 Å². The summed E-state index contributed by atoms with van der Waals surface area (Å²) in [5.74, 6) is 1.78. The molecule has 0 saturated heterocycles. The molecule has 1 unspecified atom stereocenters. The summed E-state index contributed by atoms with van der Waals surface area (Å²) < 4.78 is 25.2. The minimum absolute atomic E-state index is 0.209. The third-order valence-electron chi connectivity index (χ3n) is 3.40. The normalized spacial score (nSPS) is 13.7. The third kappa shape index (κ3) is 7.21. The Hall–Kier alpha value is -1.08. The smallest absolute Gasteiger partial charge is 0.191 e. The van der Waals surface area contributed by atoms with E-state index in [0.29, 0.717) is 24.8 Å². The fourth-order valence-electron chi connectivity index (χ4n) is 2.02. The minimum Gasteiger partial charge on any atom is -0.355 e. The van der Waals surface area contributed by atoms with E-state index in [-0.39, 0.29) is 10.6 Å². The third-order valence-corrected chi connectivity index (χ3v) is 5.94. The van der Waals surface area contributed by atoms with Crippen LogP contribution in [0.25, 0.3) is 0 Å². The molecule has 0 radical (unpaired) electrons. The van der Waals surface area contributed by atoms with E-state index in [9.17, 15) is 8.60 Å². The predicted octanol–water partition coefficient (Wildman–Crippen LogP) is 2.90. The van der Waals surface area contributed by atoms with Crippen molar-refractivity contribution in [3.63, 3.8) is 0 Å². The Morgan fingerprint density at radius 1 is 1.29 bits per heavy atom. The highest BCUT2D eigenvalue weighted by molar-refractivity contribution is 7.97. The number of hydrogen-bond acceptors (Lipinski definition) is 3.